The fraction of sp³-hybridized carbons (Fsp3) is 0.167. The summed E-state index contributed by atoms with van der Waals surface area (Å²) in [6.45, 7) is 3.76. The van der Waals surface area contributed by atoms with Crippen LogP contribution in [0, 0.1) is 0 Å². The molecule has 0 fully saturated rings. The van der Waals surface area contributed by atoms with Crippen LogP contribution in [0.4, 0.5) is 0 Å². The van der Waals surface area contributed by atoms with Crippen LogP contribution in [0.2, 0.25) is 0 Å². The van der Waals surface area contributed by atoms with Crippen molar-refractivity contribution in [1.29, 1.82) is 0 Å². The molecule has 1 aliphatic rings. The van der Waals surface area contributed by atoms with E-state index in [9.17, 15) is 9.59 Å². The molecule has 1 aromatic heterocycles. The highest BCUT2D eigenvalue weighted by Gasteiger charge is 2.22. The number of hydrogen-bond acceptors (Lipinski definition) is 6. The minimum atomic E-state index is -0.505. The summed E-state index contributed by atoms with van der Waals surface area (Å²) in [5.74, 6) is 0.187. The van der Waals surface area contributed by atoms with Gasteiger partial charge < -0.3 is 14.0 Å². The molecule has 6 nitrogen and oxygen atoms in total. The number of rotatable bonds is 4. The van der Waals surface area contributed by atoms with Gasteiger partial charge in [0.1, 0.15) is 11.5 Å². The van der Waals surface area contributed by atoms with Gasteiger partial charge in [0.2, 0.25) is 0 Å². The van der Waals surface area contributed by atoms with E-state index in [2.05, 4.69) is 9.99 Å². The van der Waals surface area contributed by atoms with Crippen LogP contribution in [0.3, 0.4) is 0 Å². The molecule has 2 aromatic rings. The lowest BCUT2D eigenvalue weighted by atomic mass is 10.1. The van der Waals surface area contributed by atoms with E-state index in [4.69, 9.17) is 9.15 Å². The van der Waals surface area contributed by atoms with E-state index in [1.807, 2.05) is 6.07 Å². The van der Waals surface area contributed by atoms with Gasteiger partial charge in [-0.2, -0.15) is 0 Å². The van der Waals surface area contributed by atoms with E-state index in [0.717, 1.165) is 5.56 Å². The molecular weight excluding hydrogens is 310 g/mol. The van der Waals surface area contributed by atoms with E-state index in [0.29, 0.717) is 35.0 Å². The van der Waals surface area contributed by atoms with Crippen LogP contribution in [0.5, 0.6) is 0 Å². The van der Waals surface area contributed by atoms with Crippen LogP contribution < -0.4 is 0 Å². The van der Waals surface area contributed by atoms with Gasteiger partial charge in [0, 0.05) is 5.56 Å². The van der Waals surface area contributed by atoms with Crippen LogP contribution in [-0.4, -0.2) is 24.3 Å². The average Bonchev–Trinajstić information content (AvgIpc) is 3.17. The van der Waals surface area contributed by atoms with E-state index in [1.165, 1.54) is 0 Å². The summed E-state index contributed by atoms with van der Waals surface area (Å²) in [4.78, 5) is 28.0. The van der Waals surface area contributed by atoms with Crippen molar-refractivity contribution < 1.29 is 23.6 Å². The molecule has 0 amide bonds. The Hall–Kier alpha value is -3.15. The molecule has 0 saturated carbocycles. The van der Waals surface area contributed by atoms with Crippen molar-refractivity contribution in [3.63, 3.8) is 0 Å². The van der Waals surface area contributed by atoms with Gasteiger partial charge in [-0.3, -0.25) is 0 Å². The molecule has 0 N–H and O–H groups in total. The first-order valence-electron chi connectivity index (χ1n) is 7.44. The zero-order valence-corrected chi connectivity index (χ0v) is 13.2. The van der Waals surface area contributed by atoms with Crippen molar-refractivity contribution in [2.24, 2.45) is 5.16 Å². The third kappa shape index (κ3) is 3.12. The summed E-state index contributed by atoms with van der Waals surface area (Å²) in [6, 6.07) is 10.5. The van der Waals surface area contributed by atoms with Crippen LogP contribution in [0.15, 0.2) is 51.5 Å². The Bertz CT molecular complexity index is 860. The third-order valence-electron chi connectivity index (χ3n) is 3.45. The highest BCUT2D eigenvalue weighted by molar-refractivity contribution is 6.24. The lowest BCUT2D eigenvalue weighted by Crippen LogP contribution is -2.04. The molecule has 24 heavy (non-hydrogen) atoms. The quantitative estimate of drug-likeness (QED) is 0.489. The monoisotopic (exact) mass is 325 g/mol. The molecule has 3 rings (SSSR count). The highest BCUT2D eigenvalue weighted by atomic mass is 16.7. The Morgan fingerprint density at radius 2 is 2.12 bits per heavy atom. The summed E-state index contributed by atoms with van der Waals surface area (Å²) in [6.07, 6.45) is 1.58. The minimum absolute atomic E-state index is 0.318. The number of carbonyl (C=O) groups excluding carboxylic acids is 2. The molecule has 0 bridgehead atoms. The number of ether oxygens (including phenoxy) is 1. The summed E-state index contributed by atoms with van der Waals surface area (Å²) in [5.41, 5.74) is 2.05. The van der Waals surface area contributed by atoms with Crippen molar-refractivity contribution in [1.82, 2.24) is 0 Å². The van der Waals surface area contributed by atoms with E-state index in [1.54, 1.807) is 50.3 Å². The van der Waals surface area contributed by atoms with Gasteiger partial charge in [-0.1, -0.05) is 17.3 Å². The van der Waals surface area contributed by atoms with Crippen LogP contribution in [0.25, 0.3) is 17.4 Å². The number of nitrogens with zero attached hydrogens (tertiary/aromatic N) is 1. The minimum Gasteiger partial charge on any atom is -0.462 e. The highest BCUT2D eigenvalue weighted by Crippen LogP contribution is 2.25. The van der Waals surface area contributed by atoms with Gasteiger partial charge in [0.15, 0.2) is 0 Å². The van der Waals surface area contributed by atoms with E-state index < -0.39 is 5.97 Å². The van der Waals surface area contributed by atoms with E-state index in [-0.39, 0.29) is 5.97 Å². The Balaban J connectivity index is 1.87. The van der Waals surface area contributed by atoms with Gasteiger partial charge in [-0.15, -0.1) is 0 Å². The molecule has 1 aliphatic heterocycles. The second-order valence-electron chi connectivity index (χ2n) is 5.12. The smallest absolute Gasteiger partial charge is 0.367 e. The number of benzene rings is 1. The number of furan rings is 1. The molecule has 1 aromatic carbocycles. The Morgan fingerprint density at radius 3 is 2.83 bits per heavy atom. The zero-order valence-electron chi connectivity index (χ0n) is 13.2. The molecule has 0 spiro atoms. The molecular formula is C18H15NO5. The lowest BCUT2D eigenvalue weighted by molar-refractivity contribution is -0.136. The first kappa shape index (κ1) is 15.7. The lowest BCUT2D eigenvalue weighted by Gasteiger charge is -2.03. The number of esters is 1. The maximum Gasteiger partial charge on any atom is 0.367 e. The van der Waals surface area contributed by atoms with Crippen molar-refractivity contribution in [2.45, 2.75) is 13.8 Å². The second-order valence-corrected chi connectivity index (χ2v) is 5.12. The van der Waals surface area contributed by atoms with E-state index >= 15 is 0 Å². The Kier molecular flexibility index (Phi) is 4.29. The largest absolute Gasteiger partial charge is 0.462 e. The molecule has 0 unspecified atom stereocenters. The first-order valence-corrected chi connectivity index (χ1v) is 7.44. The predicted molar refractivity (Wildman–Crippen MR) is 87.3 cm³/mol. The topological polar surface area (TPSA) is 78.1 Å². The maximum absolute atomic E-state index is 11.8. The number of oxime groups is 1. The molecule has 122 valence electrons. The van der Waals surface area contributed by atoms with Gasteiger partial charge >= 0.3 is 11.9 Å². The van der Waals surface area contributed by atoms with Gasteiger partial charge in [0.25, 0.3) is 0 Å². The first-order chi connectivity index (χ1) is 11.6. The summed E-state index contributed by atoms with van der Waals surface area (Å²) in [7, 11) is 0. The van der Waals surface area contributed by atoms with Crippen molar-refractivity contribution in [3.8, 4) is 11.3 Å². The molecule has 0 saturated heterocycles. The van der Waals surface area contributed by atoms with Crippen LogP contribution in [-0.2, 0) is 14.4 Å². The van der Waals surface area contributed by atoms with Gasteiger partial charge in [0.05, 0.1) is 23.5 Å². The Morgan fingerprint density at radius 1 is 1.29 bits per heavy atom. The summed E-state index contributed by atoms with van der Waals surface area (Å²) >= 11 is 0. The van der Waals surface area contributed by atoms with Crippen molar-refractivity contribution in [3.05, 3.63) is 53.3 Å². The second kappa shape index (κ2) is 6.54. The zero-order chi connectivity index (χ0) is 17.1. The van der Waals surface area contributed by atoms with Gasteiger partial charge in [-0.25, -0.2) is 9.59 Å². The fourth-order valence-corrected chi connectivity index (χ4v) is 2.26. The molecule has 0 radical (unpaired) electrons. The van der Waals surface area contributed by atoms with Crippen molar-refractivity contribution >= 4 is 23.7 Å². The van der Waals surface area contributed by atoms with Gasteiger partial charge in [-0.05, 0) is 44.2 Å². The fourth-order valence-electron chi connectivity index (χ4n) is 2.26. The number of hydrogen-bond donors (Lipinski definition) is 0. The molecule has 2 heterocycles. The summed E-state index contributed by atoms with van der Waals surface area (Å²) in [5, 5.41) is 3.61. The predicted octanol–water partition coefficient (Wildman–Crippen LogP) is 3.44. The van der Waals surface area contributed by atoms with Crippen LogP contribution in [0.1, 0.15) is 30.0 Å². The average molecular weight is 325 g/mol. The standard InChI is InChI=1S/C18H15NO5/c1-3-22-17(20)13-6-4-5-12(9-13)16-8-7-14(23-16)10-15-11(2)19-24-18(15)21/h4-10H,3H2,1-2H3/b15-10-. The maximum atomic E-state index is 11.8. The molecule has 6 heteroatoms. The molecule has 0 atom stereocenters. The third-order valence-corrected chi connectivity index (χ3v) is 3.45. The number of carbonyl (C=O) groups is 2. The SMILES string of the molecule is CCOC(=O)c1cccc(-c2ccc(/C=C3\C(=O)ON=C3C)o2)c1. The van der Waals surface area contributed by atoms with Crippen molar-refractivity contribution in [2.75, 3.05) is 6.61 Å². The normalized spacial score (nSPS) is 15.3. The molecule has 0 aliphatic carbocycles. The van der Waals surface area contributed by atoms with Crippen LogP contribution >= 0.6 is 0 Å². The Labute approximate surface area is 138 Å². The summed E-state index contributed by atoms with van der Waals surface area (Å²) < 4.78 is 10.7.